The van der Waals surface area contributed by atoms with E-state index in [1.807, 2.05) is 6.20 Å². The van der Waals surface area contributed by atoms with E-state index in [-0.39, 0.29) is 6.04 Å². The van der Waals surface area contributed by atoms with Crippen molar-refractivity contribution in [2.75, 3.05) is 5.32 Å². The molecule has 1 atom stereocenters. The number of nitrogens with zero attached hydrogens (tertiary/aromatic N) is 1. The van der Waals surface area contributed by atoms with Crippen molar-refractivity contribution in [1.29, 1.82) is 0 Å². The summed E-state index contributed by atoms with van der Waals surface area (Å²) in [5, 5.41) is 5.64. The number of rotatable bonds is 3. The fraction of sp³-hybridized carbons (Fsp3) is 0.188. The largest absolute Gasteiger partial charge is 0.378 e. The maximum absolute atomic E-state index is 4.50. The van der Waals surface area contributed by atoms with Crippen LogP contribution < -0.4 is 5.32 Å². The van der Waals surface area contributed by atoms with Gasteiger partial charge in [0, 0.05) is 16.4 Å². The van der Waals surface area contributed by atoms with Crippen molar-refractivity contribution in [3.63, 3.8) is 0 Å². The van der Waals surface area contributed by atoms with Crippen molar-refractivity contribution in [2.24, 2.45) is 0 Å². The fourth-order valence-corrected chi connectivity index (χ4v) is 3.31. The van der Waals surface area contributed by atoms with Crippen LogP contribution in [0, 0.1) is 6.92 Å². The molecule has 20 heavy (non-hydrogen) atoms. The van der Waals surface area contributed by atoms with Crippen LogP contribution >= 0.6 is 27.3 Å². The molecule has 0 aliphatic heterocycles. The van der Waals surface area contributed by atoms with Crippen LogP contribution in [0.25, 0.3) is 10.2 Å². The van der Waals surface area contributed by atoms with E-state index >= 15 is 0 Å². The number of aromatic nitrogens is 1. The van der Waals surface area contributed by atoms with Gasteiger partial charge in [0.15, 0.2) is 0 Å². The number of thiophene rings is 1. The van der Waals surface area contributed by atoms with Gasteiger partial charge in [0.05, 0.1) is 16.3 Å². The fourth-order valence-electron chi connectivity index (χ4n) is 2.16. The average molecular weight is 347 g/mol. The van der Waals surface area contributed by atoms with Gasteiger partial charge in [0.2, 0.25) is 0 Å². The summed E-state index contributed by atoms with van der Waals surface area (Å²) in [5.41, 5.74) is 4.67. The maximum atomic E-state index is 4.50. The molecule has 4 heteroatoms. The first kappa shape index (κ1) is 13.6. The molecule has 3 aromatic rings. The molecule has 0 amide bonds. The number of pyridine rings is 1. The van der Waals surface area contributed by atoms with Crippen LogP contribution in [0.2, 0.25) is 0 Å². The Labute approximate surface area is 131 Å². The van der Waals surface area contributed by atoms with Crippen molar-refractivity contribution >= 4 is 43.2 Å². The van der Waals surface area contributed by atoms with Crippen molar-refractivity contribution in [3.8, 4) is 0 Å². The first-order valence-corrected chi connectivity index (χ1v) is 8.16. The number of nitrogens with one attached hydrogen (secondary N) is 1. The lowest BCUT2D eigenvalue weighted by atomic mass is 10.1. The topological polar surface area (TPSA) is 24.9 Å². The maximum Gasteiger partial charge on any atom is 0.0809 e. The summed E-state index contributed by atoms with van der Waals surface area (Å²) < 4.78 is 2.33. The molecule has 102 valence electrons. The summed E-state index contributed by atoms with van der Waals surface area (Å²) in [7, 11) is 0. The lowest BCUT2D eigenvalue weighted by molar-refractivity contribution is 0.878. The second-order valence-corrected chi connectivity index (χ2v) is 6.76. The van der Waals surface area contributed by atoms with E-state index in [4.69, 9.17) is 0 Å². The highest BCUT2D eigenvalue weighted by molar-refractivity contribution is 9.10. The van der Waals surface area contributed by atoms with Crippen LogP contribution in [0.3, 0.4) is 0 Å². The van der Waals surface area contributed by atoms with Gasteiger partial charge < -0.3 is 5.32 Å². The van der Waals surface area contributed by atoms with Crippen LogP contribution in [0.4, 0.5) is 5.69 Å². The summed E-state index contributed by atoms with van der Waals surface area (Å²) in [6, 6.07) is 10.8. The van der Waals surface area contributed by atoms with Gasteiger partial charge in [0.25, 0.3) is 0 Å². The Balaban J connectivity index is 1.88. The second kappa shape index (κ2) is 5.54. The van der Waals surface area contributed by atoms with Gasteiger partial charge in [-0.2, -0.15) is 0 Å². The standard InChI is InChI=1S/C16H15BrN2S/c1-10-3-4-13(17)8-15(10)19-11(2)12-7-16-14(18-9-12)5-6-20-16/h3-9,11,19H,1-2H3. The summed E-state index contributed by atoms with van der Waals surface area (Å²) in [6.07, 6.45) is 1.96. The number of hydrogen-bond acceptors (Lipinski definition) is 3. The minimum absolute atomic E-state index is 0.224. The van der Waals surface area contributed by atoms with E-state index in [9.17, 15) is 0 Å². The molecule has 0 saturated heterocycles. The van der Waals surface area contributed by atoms with Gasteiger partial charge in [-0.15, -0.1) is 11.3 Å². The Morgan fingerprint density at radius 2 is 2.10 bits per heavy atom. The Morgan fingerprint density at radius 1 is 1.25 bits per heavy atom. The Kier molecular flexibility index (Phi) is 3.76. The number of fused-ring (bicyclic) bond motifs is 1. The smallest absolute Gasteiger partial charge is 0.0809 e. The molecule has 2 aromatic heterocycles. The molecule has 1 aromatic carbocycles. The minimum atomic E-state index is 0.224. The summed E-state index contributed by atoms with van der Waals surface area (Å²) in [4.78, 5) is 4.50. The Hall–Kier alpha value is -1.39. The monoisotopic (exact) mass is 346 g/mol. The van der Waals surface area contributed by atoms with E-state index < -0.39 is 0 Å². The molecule has 0 saturated carbocycles. The molecule has 1 N–H and O–H groups in total. The average Bonchev–Trinajstić information content (AvgIpc) is 2.90. The van der Waals surface area contributed by atoms with Crippen molar-refractivity contribution in [1.82, 2.24) is 4.98 Å². The summed E-state index contributed by atoms with van der Waals surface area (Å²) >= 11 is 5.25. The highest BCUT2D eigenvalue weighted by Crippen LogP contribution is 2.27. The van der Waals surface area contributed by atoms with Crippen LogP contribution in [0.1, 0.15) is 24.1 Å². The molecule has 0 aliphatic rings. The third-order valence-corrected chi connectivity index (χ3v) is 4.74. The predicted molar refractivity (Wildman–Crippen MR) is 90.5 cm³/mol. The highest BCUT2D eigenvalue weighted by atomic mass is 79.9. The van der Waals surface area contributed by atoms with Crippen LogP contribution in [0.15, 0.2) is 46.4 Å². The number of halogens is 1. The number of aryl methyl sites for hydroxylation is 1. The highest BCUT2D eigenvalue weighted by Gasteiger charge is 2.09. The molecule has 1 unspecified atom stereocenters. The molecule has 0 radical (unpaired) electrons. The zero-order valence-corrected chi connectivity index (χ0v) is 13.8. The molecule has 2 nitrogen and oxygen atoms in total. The molecule has 0 fully saturated rings. The Morgan fingerprint density at radius 3 is 2.95 bits per heavy atom. The van der Waals surface area contributed by atoms with Crippen molar-refractivity contribution in [3.05, 3.63) is 57.5 Å². The van der Waals surface area contributed by atoms with Gasteiger partial charge in [-0.25, -0.2) is 0 Å². The van der Waals surface area contributed by atoms with Gasteiger partial charge in [-0.3, -0.25) is 4.98 Å². The molecule has 0 spiro atoms. The molecule has 3 rings (SSSR count). The van der Waals surface area contributed by atoms with Crippen LogP contribution in [-0.4, -0.2) is 4.98 Å². The van der Waals surface area contributed by atoms with Gasteiger partial charge in [-0.1, -0.05) is 22.0 Å². The SMILES string of the molecule is Cc1ccc(Br)cc1NC(C)c1cnc2ccsc2c1. The van der Waals surface area contributed by atoms with E-state index in [2.05, 4.69) is 75.8 Å². The quantitative estimate of drug-likeness (QED) is 0.673. The third kappa shape index (κ3) is 2.72. The van der Waals surface area contributed by atoms with Crippen molar-refractivity contribution < 1.29 is 0 Å². The zero-order chi connectivity index (χ0) is 14.1. The van der Waals surface area contributed by atoms with Crippen molar-refractivity contribution in [2.45, 2.75) is 19.9 Å². The molecular formula is C16H15BrN2S. The minimum Gasteiger partial charge on any atom is -0.378 e. The van der Waals surface area contributed by atoms with Gasteiger partial charge in [-0.05, 0) is 54.6 Å². The number of hydrogen-bond donors (Lipinski definition) is 1. The van der Waals surface area contributed by atoms with E-state index in [1.54, 1.807) is 11.3 Å². The molecule has 2 heterocycles. The van der Waals surface area contributed by atoms with E-state index in [1.165, 1.54) is 15.8 Å². The normalized spacial score (nSPS) is 12.6. The first-order valence-electron chi connectivity index (χ1n) is 6.49. The first-order chi connectivity index (χ1) is 9.63. The van der Waals surface area contributed by atoms with Crippen LogP contribution in [0.5, 0.6) is 0 Å². The molecular weight excluding hydrogens is 332 g/mol. The number of anilines is 1. The summed E-state index contributed by atoms with van der Waals surface area (Å²) in [6.45, 7) is 4.28. The predicted octanol–water partition coefficient (Wildman–Crippen LogP) is 5.54. The number of benzene rings is 1. The van der Waals surface area contributed by atoms with Gasteiger partial charge >= 0.3 is 0 Å². The lowest BCUT2D eigenvalue weighted by Crippen LogP contribution is -2.08. The lowest BCUT2D eigenvalue weighted by Gasteiger charge is -2.17. The molecule has 0 aliphatic carbocycles. The van der Waals surface area contributed by atoms with E-state index in [0.29, 0.717) is 0 Å². The molecule has 0 bridgehead atoms. The second-order valence-electron chi connectivity index (χ2n) is 4.90. The summed E-state index contributed by atoms with van der Waals surface area (Å²) in [5.74, 6) is 0. The Bertz CT molecular complexity index is 751. The van der Waals surface area contributed by atoms with Gasteiger partial charge in [0.1, 0.15) is 0 Å². The van der Waals surface area contributed by atoms with Crippen LogP contribution in [-0.2, 0) is 0 Å². The third-order valence-electron chi connectivity index (χ3n) is 3.40. The van der Waals surface area contributed by atoms with E-state index in [0.717, 1.165) is 15.7 Å². The zero-order valence-electron chi connectivity index (χ0n) is 11.4.